The normalized spacial score (nSPS) is 17.5. The molecule has 5 rings (SSSR count). The summed E-state index contributed by atoms with van der Waals surface area (Å²) in [5.41, 5.74) is 3.66. The van der Waals surface area contributed by atoms with Crippen molar-refractivity contribution in [2.45, 2.75) is 6.92 Å². The number of hydrogen-bond acceptors (Lipinski definition) is 5. The lowest BCUT2D eigenvalue weighted by atomic mass is 10.1. The summed E-state index contributed by atoms with van der Waals surface area (Å²) in [7, 11) is 0. The maximum atomic E-state index is 12.9. The van der Waals surface area contributed by atoms with E-state index in [-0.39, 0.29) is 23.3 Å². The Morgan fingerprint density at radius 2 is 1.90 bits per heavy atom. The molecule has 1 fully saturated rings. The Balaban J connectivity index is 1.49. The number of ether oxygens (including phenoxy) is 1. The number of nitrogens with zero attached hydrogens (tertiary/aromatic N) is 3. The van der Waals surface area contributed by atoms with Crippen molar-refractivity contribution in [3.05, 3.63) is 65.1 Å². The van der Waals surface area contributed by atoms with Crippen molar-refractivity contribution in [2.24, 2.45) is 0 Å². The molecule has 0 saturated carbocycles. The minimum Gasteiger partial charge on any atom is -0.378 e. The summed E-state index contributed by atoms with van der Waals surface area (Å²) in [6.07, 6.45) is 1.61. The molecule has 1 saturated heterocycles. The first-order valence-electron chi connectivity index (χ1n) is 10.1. The number of carbonyl (C=O) groups excluding carboxylic acids is 3. The third-order valence-corrected chi connectivity index (χ3v) is 5.49. The second kappa shape index (κ2) is 7.48. The third kappa shape index (κ3) is 3.30. The molecule has 156 valence electrons. The fourth-order valence-corrected chi connectivity index (χ4v) is 4.00. The van der Waals surface area contributed by atoms with Gasteiger partial charge in [0.15, 0.2) is 0 Å². The number of amides is 2. The molecule has 2 amide bonds. The van der Waals surface area contributed by atoms with E-state index in [0.29, 0.717) is 54.5 Å². The van der Waals surface area contributed by atoms with Gasteiger partial charge in [0.2, 0.25) is 11.7 Å². The Bertz CT molecular complexity index is 1250. The van der Waals surface area contributed by atoms with Crippen LogP contribution in [0.2, 0.25) is 0 Å². The molecular weight excluding hydrogens is 396 g/mol. The highest BCUT2D eigenvalue weighted by molar-refractivity contribution is 6.26. The van der Waals surface area contributed by atoms with Crippen LogP contribution in [0.5, 0.6) is 0 Å². The van der Waals surface area contributed by atoms with Gasteiger partial charge < -0.3 is 14.6 Å². The molecular formula is C23H20N4O4. The number of hydrogen-bond donors (Lipinski definition) is 1. The lowest BCUT2D eigenvalue weighted by molar-refractivity contribution is -0.116. The number of ketones is 1. The number of para-hydroxylation sites is 1. The molecule has 31 heavy (non-hydrogen) atoms. The minimum absolute atomic E-state index is 0.0922. The van der Waals surface area contributed by atoms with E-state index in [1.165, 1.54) is 11.8 Å². The molecule has 8 nitrogen and oxygen atoms in total. The van der Waals surface area contributed by atoms with Crippen LogP contribution in [0.4, 0.5) is 5.69 Å². The number of carbonyl (C=O) groups is 3. The molecule has 0 bridgehead atoms. The molecule has 0 aliphatic carbocycles. The van der Waals surface area contributed by atoms with E-state index in [9.17, 15) is 14.4 Å². The maximum absolute atomic E-state index is 12.9. The van der Waals surface area contributed by atoms with Crippen LogP contribution in [0.25, 0.3) is 17.1 Å². The van der Waals surface area contributed by atoms with Crippen LogP contribution in [0.3, 0.4) is 0 Å². The Hall–Kier alpha value is -3.78. The first-order chi connectivity index (χ1) is 15.0. The van der Waals surface area contributed by atoms with Gasteiger partial charge in [-0.05, 0) is 36.4 Å². The molecule has 2 aromatic heterocycles. The first-order valence-corrected chi connectivity index (χ1v) is 10.1. The molecule has 1 N–H and O–H groups in total. The van der Waals surface area contributed by atoms with Crippen molar-refractivity contribution in [1.29, 1.82) is 0 Å². The number of benzene rings is 1. The average molecular weight is 416 g/mol. The number of aromatic amines is 1. The van der Waals surface area contributed by atoms with E-state index >= 15 is 0 Å². The zero-order chi connectivity index (χ0) is 21.5. The fourth-order valence-electron chi connectivity index (χ4n) is 4.00. The number of pyridine rings is 1. The summed E-state index contributed by atoms with van der Waals surface area (Å²) in [6, 6.07) is 12.3. The Morgan fingerprint density at radius 1 is 1.13 bits per heavy atom. The van der Waals surface area contributed by atoms with Crippen LogP contribution in [0.1, 0.15) is 33.5 Å². The standard InChI is InChI=1S/C23H20N4O4/c1-14(28)27-20-5-3-2-4-16(20)22(29)21(27)12-15-6-7-17-18(24-15)13-19(25-17)23(30)26-8-10-31-11-9-26/h2-7,12-13,25H,8-11H2,1H3/b21-12+. The number of fused-ring (bicyclic) bond motifs is 2. The fraction of sp³-hybridized carbons (Fsp3) is 0.217. The van der Waals surface area contributed by atoms with Crippen molar-refractivity contribution in [3.63, 3.8) is 0 Å². The van der Waals surface area contributed by atoms with E-state index in [2.05, 4.69) is 9.97 Å². The molecule has 2 aliphatic heterocycles. The summed E-state index contributed by atoms with van der Waals surface area (Å²) in [5.74, 6) is -0.555. The van der Waals surface area contributed by atoms with E-state index in [1.54, 1.807) is 47.4 Å². The molecule has 0 radical (unpaired) electrons. The van der Waals surface area contributed by atoms with Gasteiger partial charge in [-0.3, -0.25) is 19.3 Å². The summed E-state index contributed by atoms with van der Waals surface area (Å²) in [6.45, 7) is 3.61. The van der Waals surface area contributed by atoms with Gasteiger partial charge in [0, 0.05) is 25.6 Å². The number of H-pyrrole nitrogens is 1. The van der Waals surface area contributed by atoms with Crippen molar-refractivity contribution in [1.82, 2.24) is 14.9 Å². The molecule has 4 heterocycles. The second-order valence-corrected chi connectivity index (χ2v) is 7.49. The molecule has 0 unspecified atom stereocenters. The summed E-state index contributed by atoms with van der Waals surface area (Å²) >= 11 is 0. The molecule has 0 atom stereocenters. The van der Waals surface area contributed by atoms with E-state index in [4.69, 9.17) is 4.74 Å². The second-order valence-electron chi connectivity index (χ2n) is 7.49. The predicted molar refractivity (Wildman–Crippen MR) is 115 cm³/mol. The molecule has 1 aromatic carbocycles. The maximum Gasteiger partial charge on any atom is 0.270 e. The van der Waals surface area contributed by atoms with Crippen LogP contribution < -0.4 is 4.90 Å². The zero-order valence-electron chi connectivity index (χ0n) is 16.9. The van der Waals surface area contributed by atoms with Crippen molar-refractivity contribution >= 4 is 40.4 Å². The predicted octanol–water partition coefficient (Wildman–Crippen LogP) is 2.63. The van der Waals surface area contributed by atoms with Gasteiger partial charge in [0.25, 0.3) is 5.91 Å². The van der Waals surface area contributed by atoms with Gasteiger partial charge in [-0.1, -0.05) is 12.1 Å². The average Bonchev–Trinajstić information content (AvgIpc) is 3.33. The Kier molecular flexibility index (Phi) is 4.63. The number of Topliss-reactive ketones (excluding diaryl/α,β-unsaturated/α-hetero) is 1. The van der Waals surface area contributed by atoms with Gasteiger partial charge >= 0.3 is 0 Å². The monoisotopic (exact) mass is 416 g/mol. The van der Waals surface area contributed by atoms with Gasteiger partial charge in [0.1, 0.15) is 5.69 Å². The summed E-state index contributed by atoms with van der Waals surface area (Å²) in [5, 5.41) is 0. The smallest absolute Gasteiger partial charge is 0.270 e. The van der Waals surface area contributed by atoms with Crippen LogP contribution in [-0.2, 0) is 9.53 Å². The topological polar surface area (TPSA) is 95.6 Å². The van der Waals surface area contributed by atoms with E-state index in [1.807, 2.05) is 6.07 Å². The summed E-state index contributed by atoms with van der Waals surface area (Å²) < 4.78 is 5.30. The Morgan fingerprint density at radius 3 is 2.68 bits per heavy atom. The van der Waals surface area contributed by atoms with Crippen LogP contribution in [-0.4, -0.2) is 58.8 Å². The van der Waals surface area contributed by atoms with Crippen LogP contribution >= 0.6 is 0 Å². The number of nitrogens with one attached hydrogen (secondary N) is 1. The quantitative estimate of drug-likeness (QED) is 0.648. The van der Waals surface area contributed by atoms with E-state index in [0.717, 1.165) is 5.52 Å². The van der Waals surface area contributed by atoms with Crippen molar-refractivity contribution in [3.8, 4) is 0 Å². The number of aromatic nitrogens is 2. The molecule has 3 aromatic rings. The summed E-state index contributed by atoms with van der Waals surface area (Å²) in [4.78, 5) is 48.7. The van der Waals surface area contributed by atoms with Gasteiger partial charge in [-0.2, -0.15) is 0 Å². The van der Waals surface area contributed by atoms with Crippen LogP contribution in [0.15, 0.2) is 48.2 Å². The molecule has 8 heteroatoms. The third-order valence-electron chi connectivity index (χ3n) is 5.49. The minimum atomic E-state index is -0.245. The van der Waals surface area contributed by atoms with Gasteiger partial charge in [-0.15, -0.1) is 0 Å². The highest BCUT2D eigenvalue weighted by atomic mass is 16.5. The lowest BCUT2D eigenvalue weighted by Gasteiger charge is -2.26. The number of allylic oxidation sites excluding steroid dienone is 1. The first kappa shape index (κ1) is 19.2. The van der Waals surface area contributed by atoms with Gasteiger partial charge in [0.05, 0.1) is 41.3 Å². The number of morpholine rings is 1. The van der Waals surface area contributed by atoms with Crippen molar-refractivity contribution < 1.29 is 19.1 Å². The van der Waals surface area contributed by atoms with E-state index < -0.39 is 0 Å². The van der Waals surface area contributed by atoms with Crippen molar-refractivity contribution in [2.75, 3.05) is 31.2 Å². The number of rotatable bonds is 2. The highest BCUT2D eigenvalue weighted by Gasteiger charge is 2.34. The van der Waals surface area contributed by atoms with Gasteiger partial charge in [-0.25, -0.2) is 4.98 Å². The highest BCUT2D eigenvalue weighted by Crippen LogP contribution is 2.35. The number of anilines is 1. The SMILES string of the molecule is CC(=O)N1/C(=C/c2ccc3[nH]c(C(=O)N4CCOCC4)cc3n2)C(=O)c2ccccc21. The lowest BCUT2D eigenvalue weighted by Crippen LogP contribution is -2.40. The Labute approximate surface area is 178 Å². The largest absolute Gasteiger partial charge is 0.378 e. The molecule has 0 spiro atoms. The zero-order valence-corrected chi connectivity index (χ0v) is 16.9. The molecule has 2 aliphatic rings. The van der Waals surface area contributed by atoms with Crippen LogP contribution in [0, 0.1) is 0 Å².